The third kappa shape index (κ3) is 6.67. The molecule has 3 heteroatoms. The van der Waals surface area contributed by atoms with Crippen LogP contribution in [0.25, 0.3) is 0 Å². The van der Waals surface area contributed by atoms with Gasteiger partial charge in [0, 0.05) is 5.54 Å². The van der Waals surface area contributed by atoms with E-state index in [-0.39, 0.29) is 22.8 Å². The zero-order valence-corrected chi connectivity index (χ0v) is 12.6. The van der Waals surface area contributed by atoms with Crippen molar-refractivity contribution in [2.24, 2.45) is 17.1 Å². The average Bonchev–Trinajstić information content (AvgIpc) is 2.10. The number of hydrogen-bond donors (Lipinski definition) is 2. The lowest BCUT2D eigenvalue weighted by atomic mass is 9.81. The van der Waals surface area contributed by atoms with E-state index in [1.807, 2.05) is 6.92 Å². The quantitative estimate of drug-likeness (QED) is 0.779. The van der Waals surface area contributed by atoms with E-state index < -0.39 is 6.04 Å². The van der Waals surface area contributed by atoms with E-state index in [4.69, 9.17) is 5.73 Å². The summed E-state index contributed by atoms with van der Waals surface area (Å²) in [6, 6.07) is -0.403. The van der Waals surface area contributed by atoms with Crippen LogP contribution in [-0.2, 0) is 4.79 Å². The minimum absolute atomic E-state index is 0.0337. The van der Waals surface area contributed by atoms with Crippen molar-refractivity contribution in [2.45, 2.75) is 72.9 Å². The number of rotatable bonds is 5. The number of nitrogens with two attached hydrogens (primary N) is 1. The fourth-order valence-electron chi connectivity index (χ4n) is 2.30. The topological polar surface area (TPSA) is 55.1 Å². The Morgan fingerprint density at radius 2 is 1.71 bits per heavy atom. The highest BCUT2D eigenvalue weighted by atomic mass is 16.2. The molecule has 102 valence electrons. The second-order valence-corrected chi connectivity index (χ2v) is 7.02. The van der Waals surface area contributed by atoms with Crippen LogP contribution in [0.15, 0.2) is 0 Å². The Kier molecular flexibility index (Phi) is 5.66. The smallest absolute Gasteiger partial charge is 0.237 e. The summed E-state index contributed by atoms with van der Waals surface area (Å²) >= 11 is 0. The predicted molar refractivity (Wildman–Crippen MR) is 73.7 cm³/mol. The number of carbonyl (C=O) groups excluding carboxylic acids is 1. The van der Waals surface area contributed by atoms with Gasteiger partial charge in [-0.2, -0.15) is 0 Å². The van der Waals surface area contributed by atoms with E-state index in [2.05, 4.69) is 46.9 Å². The van der Waals surface area contributed by atoms with Crippen molar-refractivity contribution < 1.29 is 4.79 Å². The van der Waals surface area contributed by atoms with Gasteiger partial charge in [0.2, 0.25) is 5.91 Å². The van der Waals surface area contributed by atoms with Crippen molar-refractivity contribution in [3.8, 4) is 0 Å². The molecule has 17 heavy (non-hydrogen) atoms. The maximum absolute atomic E-state index is 12.0. The number of nitrogens with one attached hydrogen (secondary N) is 1. The van der Waals surface area contributed by atoms with Crippen LogP contribution in [0.2, 0.25) is 0 Å². The molecule has 0 unspecified atom stereocenters. The summed E-state index contributed by atoms with van der Waals surface area (Å²) in [5.41, 5.74) is 5.91. The van der Waals surface area contributed by atoms with Crippen LogP contribution in [0.4, 0.5) is 0 Å². The lowest BCUT2D eigenvalue weighted by Crippen LogP contribution is -2.53. The summed E-state index contributed by atoms with van der Waals surface area (Å²) in [5, 5.41) is 3.06. The van der Waals surface area contributed by atoms with E-state index in [1.54, 1.807) is 0 Å². The molecule has 0 aromatic rings. The van der Waals surface area contributed by atoms with Gasteiger partial charge in [-0.05, 0) is 31.6 Å². The monoisotopic (exact) mass is 242 g/mol. The van der Waals surface area contributed by atoms with Crippen LogP contribution in [0.5, 0.6) is 0 Å². The van der Waals surface area contributed by atoms with Gasteiger partial charge in [0.05, 0.1) is 6.04 Å². The van der Waals surface area contributed by atoms with Gasteiger partial charge in [0.1, 0.15) is 0 Å². The summed E-state index contributed by atoms with van der Waals surface area (Å²) in [7, 11) is 0. The molecule has 0 aliphatic heterocycles. The molecule has 0 spiro atoms. The van der Waals surface area contributed by atoms with Crippen molar-refractivity contribution in [1.29, 1.82) is 0 Å². The summed E-state index contributed by atoms with van der Waals surface area (Å²) < 4.78 is 0. The molecule has 0 aromatic carbocycles. The third-order valence-electron chi connectivity index (χ3n) is 2.99. The fourth-order valence-corrected chi connectivity index (χ4v) is 2.30. The number of hydrogen-bond acceptors (Lipinski definition) is 2. The van der Waals surface area contributed by atoms with E-state index in [0.29, 0.717) is 0 Å². The van der Waals surface area contributed by atoms with Crippen LogP contribution < -0.4 is 11.1 Å². The Bertz CT molecular complexity index is 253. The Morgan fingerprint density at radius 1 is 1.24 bits per heavy atom. The van der Waals surface area contributed by atoms with Gasteiger partial charge in [-0.1, -0.05) is 41.0 Å². The minimum atomic E-state index is -0.403. The van der Waals surface area contributed by atoms with E-state index in [9.17, 15) is 4.79 Å². The molecular weight excluding hydrogens is 212 g/mol. The Balaban J connectivity index is 4.46. The largest absolute Gasteiger partial charge is 0.350 e. The first-order chi connectivity index (χ1) is 7.48. The maximum atomic E-state index is 12.0. The zero-order valence-electron chi connectivity index (χ0n) is 12.6. The molecule has 0 aliphatic rings. The second kappa shape index (κ2) is 5.85. The minimum Gasteiger partial charge on any atom is -0.350 e. The van der Waals surface area contributed by atoms with Crippen LogP contribution in [-0.4, -0.2) is 17.5 Å². The van der Waals surface area contributed by atoms with Gasteiger partial charge in [-0.3, -0.25) is 4.79 Å². The Morgan fingerprint density at radius 3 is 2.06 bits per heavy atom. The molecule has 0 bridgehead atoms. The van der Waals surface area contributed by atoms with E-state index in [1.165, 1.54) is 0 Å². The summed E-state index contributed by atoms with van der Waals surface area (Å²) in [4.78, 5) is 12.0. The highest BCUT2D eigenvalue weighted by Crippen LogP contribution is 2.26. The predicted octanol–water partition coefficient (Wildman–Crippen LogP) is 2.69. The fraction of sp³-hybridized carbons (Fsp3) is 0.929. The van der Waals surface area contributed by atoms with Crippen molar-refractivity contribution in [1.82, 2.24) is 5.32 Å². The van der Waals surface area contributed by atoms with Crippen LogP contribution in [0.1, 0.15) is 61.3 Å². The Hall–Kier alpha value is -0.570. The van der Waals surface area contributed by atoms with Gasteiger partial charge < -0.3 is 11.1 Å². The molecule has 0 aromatic heterocycles. The molecule has 0 rings (SSSR count). The Labute approximate surface area is 107 Å². The SMILES string of the molecule is CC[C@H](C)[C@H](N)C(=O)NC(C)(C)CC(C)(C)C. The third-order valence-corrected chi connectivity index (χ3v) is 2.99. The van der Waals surface area contributed by atoms with Crippen molar-refractivity contribution in [3.63, 3.8) is 0 Å². The number of amides is 1. The zero-order chi connectivity index (χ0) is 13.9. The molecule has 3 N–H and O–H groups in total. The first-order valence-corrected chi connectivity index (χ1v) is 6.56. The van der Waals surface area contributed by atoms with Crippen LogP contribution in [0, 0.1) is 11.3 Å². The van der Waals surface area contributed by atoms with Crippen molar-refractivity contribution in [2.75, 3.05) is 0 Å². The summed E-state index contributed by atoms with van der Waals surface area (Å²) in [5.74, 6) is 0.189. The van der Waals surface area contributed by atoms with Gasteiger partial charge in [0.25, 0.3) is 0 Å². The van der Waals surface area contributed by atoms with Crippen molar-refractivity contribution in [3.05, 3.63) is 0 Å². The molecule has 0 radical (unpaired) electrons. The van der Waals surface area contributed by atoms with Crippen molar-refractivity contribution >= 4 is 5.91 Å². The number of carbonyl (C=O) groups is 1. The molecule has 3 nitrogen and oxygen atoms in total. The first-order valence-electron chi connectivity index (χ1n) is 6.56. The van der Waals surface area contributed by atoms with Gasteiger partial charge in [-0.15, -0.1) is 0 Å². The molecule has 0 aliphatic carbocycles. The van der Waals surface area contributed by atoms with E-state index >= 15 is 0 Å². The van der Waals surface area contributed by atoms with Gasteiger partial charge >= 0.3 is 0 Å². The normalized spacial score (nSPS) is 16.5. The van der Waals surface area contributed by atoms with Gasteiger partial charge in [0.15, 0.2) is 0 Å². The second-order valence-electron chi connectivity index (χ2n) is 7.02. The lowest BCUT2D eigenvalue weighted by Gasteiger charge is -2.34. The molecular formula is C14H30N2O. The van der Waals surface area contributed by atoms with Crippen LogP contribution in [0.3, 0.4) is 0 Å². The lowest BCUT2D eigenvalue weighted by molar-refractivity contribution is -0.125. The molecule has 0 saturated carbocycles. The highest BCUT2D eigenvalue weighted by Gasteiger charge is 2.29. The highest BCUT2D eigenvalue weighted by molar-refractivity contribution is 5.82. The standard InChI is InChI=1S/C14H30N2O/c1-8-10(2)11(15)12(17)16-14(6,7)9-13(3,4)5/h10-11H,8-9,15H2,1-7H3,(H,16,17)/t10-,11-/m0/s1. The molecule has 2 atom stereocenters. The van der Waals surface area contributed by atoms with E-state index in [0.717, 1.165) is 12.8 Å². The van der Waals surface area contributed by atoms with Gasteiger partial charge in [-0.25, -0.2) is 0 Å². The first kappa shape index (κ1) is 16.4. The summed E-state index contributed by atoms with van der Waals surface area (Å²) in [6.07, 6.45) is 1.85. The van der Waals surface area contributed by atoms with Crippen LogP contribution >= 0.6 is 0 Å². The molecule has 1 amide bonds. The summed E-state index contributed by atoms with van der Waals surface area (Å²) in [6.45, 7) is 14.7. The molecule has 0 saturated heterocycles. The molecule has 0 fully saturated rings. The maximum Gasteiger partial charge on any atom is 0.237 e. The average molecular weight is 242 g/mol. The molecule has 0 heterocycles.